The second-order valence-electron chi connectivity index (χ2n) is 3.99. The second-order valence-corrected chi connectivity index (χ2v) is 3.99. The van der Waals surface area contributed by atoms with Crippen LogP contribution in [0.2, 0.25) is 0 Å². The molecule has 2 rings (SSSR count). The minimum Gasteiger partial charge on any atom is -0.476 e. The number of carbonyl (C=O) groups is 1. The summed E-state index contributed by atoms with van der Waals surface area (Å²) in [6, 6.07) is 1.56. The van der Waals surface area contributed by atoms with Crippen molar-refractivity contribution < 1.29 is 27.8 Å². The fourth-order valence-corrected chi connectivity index (χ4v) is 1.42. The molecule has 0 atom stereocenters. The van der Waals surface area contributed by atoms with Crippen LogP contribution in [0.1, 0.15) is 21.9 Å². The van der Waals surface area contributed by atoms with Gasteiger partial charge in [0, 0.05) is 11.9 Å². The number of rotatable bonds is 4. The lowest BCUT2D eigenvalue weighted by Crippen LogP contribution is -2.13. The topological polar surface area (TPSA) is 90.1 Å². The molecule has 2 heterocycles. The summed E-state index contributed by atoms with van der Waals surface area (Å²) >= 11 is 0. The molecule has 1 N–H and O–H groups in total. The van der Waals surface area contributed by atoms with Crippen LogP contribution in [0.4, 0.5) is 13.2 Å². The van der Waals surface area contributed by atoms with Gasteiger partial charge in [0.1, 0.15) is 0 Å². The van der Waals surface area contributed by atoms with Crippen molar-refractivity contribution in [2.24, 2.45) is 0 Å². The average Bonchev–Trinajstić information content (AvgIpc) is 2.83. The lowest BCUT2D eigenvalue weighted by Gasteiger charge is -2.09. The SMILES string of the molecule is Cc1cc(C(F)(F)F)nc(OCn2ccc(C(=O)O)n2)n1. The van der Waals surface area contributed by atoms with Crippen molar-refractivity contribution >= 4 is 5.97 Å². The summed E-state index contributed by atoms with van der Waals surface area (Å²) in [7, 11) is 0. The summed E-state index contributed by atoms with van der Waals surface area (Å²) < 4.78 is 43.8. The molecule has 0 saturated carbocycles. The number of carboxylic acids is 1. The van der Waals surface area contributed by atoms with E-state index in [0.29, 0.717) is 0 Å². The fourth-order valence-electron chi connectivity index (χ4n) is 1.42. The molecule has 0 fully saturated rings. The Morgan fingerprint density at radius 1 is 1.43 bits per heavy atom. The third kappa shape index (κ3) is 3.68. The van der Waals surface area contributed by atoms with Gasteiger partial charge in [0.05, 0.1) is 0 Å². The standard InChI is InChI=1S/C11H9F3N4O3/c1-6-4-8(11(12,13)14)16-10(15-6)21-5-18-3-2-7(17-18)9(19)20/h2-4H,5H2,1H3,(H,19,20). The highest BCUT2D eigenvalue weighted by Crippen LogP contribution is 2.28. The first-order valence-electron chi connectivity index (χ1n) is 5.58. The van der Waals surface area contributed by atoms with Crippen LogP contribution < -0.4 is 4.74 Å². The van der Waals surface area contributed by atoms with Gasteiger partial charge < -0.3 is 9.84 Å². The summed E-state index contributed by atoms with van der Waals surface area (Å²) in [6.07, 6.45) is -3.29. The van der Waals surface area contributed by atoms with Gasteiger partial charge >= 0.3 is 18.2 Å². The number of aromatic carboxylic acids is 1. The molecule has 0 aromatic carbocycles. The van der Waals surface area contributed by atoms with Crippen LogP contribution in [0.15, 0.2) is 18.3 Å². The summed E-state index contributed by atoms with van der Waals surface area (Å²) in [5, 5.41) is 12.3. The van der Waals surface area contributed by atoms with Gasteiger partial charge in [-0.25, -0.2) is 14.5 Å². The number of ether oxygens (including phenoxy) is 1. The van der Waals surface area contributed by atoms with Crippen molar-refractivity contribution in [1.82, 2.24) is 19.7 Å². The van der Waals surface area contributed by atoms with E-state index in [1.54, 1.807) is 0 Å². The molecule has 112 valence electrons. The number of nitrogens with zero attached hydrogens (tertiary/aromatic N) is 4. The average molecular weight is 302 g/mol. The number of hydrogen-bond donors (Lipinski definition) is 1. The van der Waals surface area contributed by atoms with E-state index in [-0.39, 0.29) is 18.1 Å². The van der Waals surface area contributed by atoms with E-state index in [9.17, 15) is 18.0 Å². The van der Waals surface area contributed by atoms with Crippen LogP contribution in [0.25, 0.3) is 0 Å². The molecular formula is C11H9F3N4O3. The Bertz CT molecular complexity index is 669. The van der Waals surface area contributed by atoms with E-state index in [0.717, 1.165) is 10.7 Å². The predicted octanol–water partition coefficient (Wildman–Crippen LogP) is 1.74. The zero-order chi connectivity index (χ0) is 15.6. The molecule has 2 aromatic heterocycles. The first kappa shape index (κ1) is 14.8. The number of aryl methyl sites for hydroxylation is 1. The third-order valence-corrected chi connectivity index (χ3v) is 2.31. The predicted molar refractivity (Wildman–Crippen MR) is 61.6 cm³/mol. The van der Waals surface area contributed by atoms with Gasteiger partial charge in [-0.3, -0.25) is 0 Å². The van der Waals surface area contributed by atoms with Crippen molar-refractivity contribution in [2.45, 2.75) is 19.8 Å². The van der Waals surface area contributed by atoms with E-state index >= 15 is 0 Å². The fraction of sp³-hybridized carbons (Fsp3) is 0.273. The van der Waals surface area contributed by atoms with Crippen LogP contribution in [0, 0.1) is 6.92 Å². The van der Waals surface area contributed by atoms with Gasteiger partial charge in [0.2, 0.25) is 0 Å². The monoisotopic (exact) mass is 302 g/mol. The maximum absolute atomic E-state index is 12.6. The van der Waals surface area contributed by atoms with Gasteiger partial charge in [-0.2, -0.15) is 23.3 Å². The smallest absolute Gasteiger partial charge is 0.433 e. The minimum absolute atomic E-state index is 0.0963. The molecule has 0 radical (unpaired) electrons. The summed E-state index contributed by atoms with van der Waals surface area (Å²) in [5.74, 6) is -1.22. The first-order valence-corrected chi connectivity index (χ1v) is 5.58. The maximum atomic E-state index is 12.6. The van der Waals surface area contributed by atoms with Gasteiger partial charge in [-0.15, -0.1) is 0 Å². The van der Waals surface area contributed by atoms with E-state index < -0.39 is 23.8 Å². The minimum atomic E-state index is -4.60. The maximum Gasteiger partial charge on any atom is 0.433 e. The lowest BCUT2D eigenvalue weighted by molar-refractivity contribution is -0.141. The molecule has 0 bridgehead atoms. The highest BCUT2D eigenvalue weighted by Gasteiger charge is 2.33. The molecule has 0 aliphatic carbocycles. The van der Waals surface area contributed by atoms with Crippen LogP contribution in [-0.2, 0) is 12.9 Å². The Morgan fingerprint density at radius 3 is 2.71 bits per heavy atom. The van der Waals surface area contributed by atoms with E-state index in [4.69, 9.17) is 9.84 Å². The zero-order valence-corrected chi connectivity index (χ0v) is 10.6. The lowest BCUT2D eigenvalue weighted by atomic mass is 10.3. The summed E-state index contributed by atoms with van der Waals surface area (Å²) in [5.41, 5.74) is -1.23. The molecule has 0 amide bonds. The molecule has 0 saturated heterocycles. The van der Waals surface area contributed by atoms with Crippen LogP contribution in [0.3, 0.4) is 0 Å². The Balaban J connectivity index is 2.12. The molecule has 0 aliphatic rings. The molecule has 21 heavy (non-hydrogen) atoms. The normalized spacial score (nSPS) is 11.4. The Morgan fingerprint density at radius 2 is 2.14 bits per heavy atom. The van der Waals surface area contributed by atoms with Gasteiger partial charge in [-0.05, 0) is 19.1 Å². The van der Waals surface area contributed by atoms with Crippen molar-refractivity contribution in [1.29, 1.82) is 0 Å². The first-order chi connectivity index (χ1) is 9.75. The second kappa shape index (κ2) is 5.38. The Hall–Kier alpha value is -2.65. The van der Waals surface area contributed by atoms with Crippen molar-refractivity contribution in [2.75, 3.05) is 0 Å². The molecular weight excluding hydrogens is 293 g/mol. The van der Waals surface area contributed by atoms with Gasteiger partial charge in [0.25, 0.3) is 0 Å². The molecule has 7 nitrogen and oxygen atoms in total. The Kier molecular flexibility index (Phi) is 3.78. The summed E-state index contributed by atoms with van der Waals surface area (Å²) in [6.45, 7) is 1.06. The molecule has 10 heteroatoms. The van der Waals surface area contributed by atoms with Gasteiger partial charge in [0.15, 0.2) is 18.1 Å². The van der Waals surface area contributed by atoms with E-state index in [2.05, 4.69) is 15.1 Å². The number of carboxylic acid groups (broad SMARTS) is 1. The van der Waals surface area contributed by atoms with E-state index in [1.807, 2.05) is 0 Å². The van der Waals surface area contributed by atoms with Gasteiger partial charge in [-0.1, -0.05) is 0 Å². The van der Waals surface area contributed by atoms with Crippen LogP contribution in [-0.4, -0.2) is 30.8 Å². The third-order valence-electron chi connectivity index (χ3n) is 2.31. The number of halogens is 3. The number of alkyl halides is 3. The highest BCUT2D eigenvalue weighted by atomic mass is 19.4. The summed E-state index contributed by atoms with van der Waals surface area (Å²) in [4.78, 5) is 17.6. The molecule has 2 aromatic rings. The van der Waals surface area contributed by atoms with Crippen molar-refractivity contribution in [3.05, 3.63) is 35.4 Å². The molecule has 0 spiro atoms. The number of aromatic nitrogens is 4. The molecule has 0 unspecified atom stereocenters. The highest BCUT2D eigenvalue weighted by molar-refractivity contribution is 5.84. The quantitative estimate of drug-likeness (QED) is 0.925. The number of hydrogen-bond acceptors (Lipinski definition) is 5. The van der Waals surface area contributed by atoms with Crippen LogP contribution in [0.5, 0.6) is 6.01 Å². The molecule has 0 aliphatic heterocycles. The zero-order valence-electron chi connectivity index (χ0n) is 10.6. The van der Waals surface area contributed by atoms with E-state index in [1.165, 1.54) is 19.2 Å². The Labute approximate surface area is 116 Å². The van der Waals surface area contributed by atoms with Crippen molar-refractivity contribution in [3.8, 4) is 6.01 Å². The largest absolute Gasteiger partial charge is 0.476 e. The van der Waals surface area contributed by atoms with Crippen LogP contribution >= 0.6 is 0 Å². The van der Waals surface area contributed by atoms with Crippen molar-refractivity contribution in [3.63, 3.8) is 0 Å².